The summed E-state index contributed by atoms with van der Waals surface area (Å²) in [7, 11) is 0. The minimum atomic E-state index is 0. The van der Waals surface area contributed by atoms with Gasteiger partial charge in [-0.15, -0.1) is 0 Å². The standard InChI is InChI=1S/C2H5NS.H2O/c1-2(3)4;/h1H3,(H2,3,4);1H2. The van der Waals surface area contributed by atoms with Gasteiger partial charge in [-0.05, 0) is 6.92 Å². The minimum Gasteiger partial charge on any atom is -0.412 e. The van der Waals surface area contributed by atoms with Crippen LogP contribution in [0.4, 0.5) is 0 Å². The molecule has 0 bridgehead atoms. The van der Waals surface area contributed by atoms with Crippen molar-refractivity contribution in [1.82, 2.24) is 0 Å². The summed E-state index contributed by atoms with van der Waals surface area (Å²) >= 11 is 4.31. The van der Waals surface area contributed by atoms with Crippen molar-refractivity contribution in [3.63, 3.8) is 0 Å². The quantitative estimate of drug-likeness (QED) is 0.409. The molecule has 0 radical (unpaired) electrons. The Hall–Kier alpha value is -0.150. The molecule has 0 aromatic carbocycles. The molecule has 0 fully saturated rings. The molecule has 0 spiro atoms. The summed E-state index contributed by atoms with van der Waals surface area (Å²) in [5.74, 6) is 0. The van der Waals surface area contributed by atoms with E-state index < -0.39 is 0 Å². The number of nitrogens with two attached hydrogens (primary N) is 1. The smallest absolute Gasteiger partial charge is 0.0695 e. The van der Waals surface area contributed by atoms with Crippen LogP contribution < -0.4 is 5.73 Å². The van der Waals surface area contributed by atoms with E-state index >= 15 is 0 Å². The Morgan fingerprint density at radius 1 is 1.80 bits per heavy atom. The Bertz CT molecular complexity index is 32.6. The SMILES string of the molecule is CC(N)=S.O. The van der Waals surface area contributed by atoms with Crippen LogP contribution in [0.3, 0.4) is 0 Å². The predicted octanol–water partition coefficient (Wildman–Crippen LogP) is -0.532. The highest BCUT2D eigenvalue weighted by atomic mass is 32.1. The Balaban J connectivity index is 0. The van der Waals surface area contributed by atoms with Crippen molar-refractivity contribution in [2.45, 2.75) is 6.92 Å². The van der Waals surface area contributed by atoms with Crippen LogP contribution in [0.25, 0.3) is 0 Å². The minimum absolute atomic E-state index is 0. The van der Waals surface area contributed by atoms with Crippen molar-refractivity contribution >= 4 is 17.2 Å². The fourth-order valence-corrected chi connectivity index (χ4v) is 0. The van der Waals surface area contributed by atoms with Gasteiger partial charge in [-0.2, -0.15) is 0 Å². The molecule has 0 rings (SSSR count). The lowest BCUT2D eigenvalue weighted by atomic mass is 10.8. The topological polar surface area (TPSA) is 57.5 Å². The number of thiocarbonyl (C=S) groups is 1. The molecular formula is C2H7NOS. The Kier molecular flexibility index (Phi) is 6.81. The van der Waals surface area contributed by atoms with Gasteiger partial charge in [0.2, 0.25) is 0 Å². The largest absolute Gasteiger partial charge is 0.412 e. The van der Waals surface area contributed by atoms with E-state index in [0.29, 0.717) is 4.99 Å². The molecule has 0 aromatic heterocycles. The fourth-order valence-electron chi connectivity index (χ4n) is 0. The third-order valence-corrected chi connectivity index (χ3v) is 0. The predicted molar refractivity (Wildman–Crippen MR) is 26.1 cm³/mol. The lowest BCUT2D eigenvalue weighted by Crippen LogP contribution is -1.98. The van der Waals surface area contributed by atoms with Crippen LogP contribution in [0.15, 0.2) is 0 Å². The van der Waals surface area contributed by atoms with E-state index in [1.54, 1.807) is 6.92 Å². The van der Waals surface area contributed by atoms with Gasteiger partial charge < -0.3 is 11.2 Å². The molecular weight excluding hydrogens is 86.1 g/mol. The van der Waals surface area contributed by atoms with E-state index in [2.05, 4.69) is 12.2 Å². The molecule has 3 heteroatoms. The molecule has 0 amide bonds. The van der Waals surface area contributed by atoms with Gasteiger partial charge in [0.05, 0.1) is 4.99 Å². The van der Waals surface area contributed by atoms with Crippen molar-refractivity contribution in [2.24, 2.45) is 5.73 Å². The first kappa shape index (κ1) is 8.85. The Morgan fingerprint density at radius 3 is 1.80 bits per heavy atom. The van der Waals surface area contributed by atoms with E-state index in [-0.39, 0.29) is 5.48 Å². The molecule has 0 aliphatic carbocycles. The van der Waals surface area contributed by atoms with E-state index in [1.807, 2.05) is 0 Å². The number of hydrogen-bond donors (Lipinski definition) is 1. The summed E-state index contributed by atoms with van der Waals surface area (Å²) in [6.45, 7) is 1.68. The highest BCUT2D eigenvalue weighted by Crippen LogP contribution is 1.48. The van der Waals surface area contributed by atoms with E-state index in [4.69, 9.17) is 5.73 Å². The van der Waals surface area contributed by atoms with Crippen LogP contribution in [0.2, 0.25) is 0 Å². The maximum Gasteiger partial charge on any atom is 0.0695 e. The monoisotopic (exact) mass is 93.0 g/mol. The first-order valence-electron chi connectivity index (χ1n) is 0.993. The lowest BCUT2D eigenvalue weighted by Gasteiger charge is -1.65. The van der Waals surface area contributed by atoms with Crippen molar-refractivity contribution in [3.05, 3.63) is 0 Å². The van der Waals surface area contributed by atoms with Crippen molar-refractivity contribution < 1.29 is 5.48 Å². The van der Waals surface area contributed by atoms with Crippen molar-refractivity contribution in [2.75, 3.05) is 0 Å². The second-order valence-electron chi connectivity index (χ2n) is 0.611. The molecule has 0 aromatic rings. The summed E-state index contributed by atoms with van der Waals surface area (Å²) < 4.78 is 0. The summed E-state index contributed by atoms with van der Waals surface area (Å²) in [6, 6.07) is 0. The van der Waals surface area contributed by atoms with Gasteiger partial charge in [-0.3, -0.25) is 0 Å². The maximum absolute atomic E-state index is 4.84. The maximum atomic E-state index is 4.84. The van der Waals surface area contributed by atoms with Gasteiger partial charge >= 0.3 is 0 Å². The second-order valence-corrected chi connectivity index (χ2v) is 1.25. The van der Waals surface area contributed by atoms with Crippen LogP contribution in [0.5, 0.6) is 0 Å². The van der Waals surface area contributed by atoms with Gasteiger partial charge in [0.25, 0.3) is 0 Å². The highest BCUT2D eigenvalue weighted by molar-refractivity contribution is 7.80. The molecule has 0 saturated heterocycles. The summed E-state index contributed by atoms with van der Waals surface area (Å²) in [5.41, 5.74) is 4.84. The molecule has 5 heavy (non-hydrogen) atoms. The number of hydrogen-bond acceptors (Lipinski definition) is 1. The molecule has 0 saturated carbocycles. The van der Waals surface area contributed by atoms with Gasteiger partial charge in [0, 0.05) is 0 Å². The van der Waals surface area contributed by atoms with Crippen LogP contribution in [-0.2, 0) is 0 Å². The van der Waals surface area contributed by atoms with Crippen molar-refractivity contribution in [1.29, 1.82) is 0 Å². The summed E-state index contributed by atoms with van der Waals surface area (Å²) in [5, 5.41) is 0. The van der Waals surface area contributed by atoms with Gasteiger partial charge in [-0.25, -0.2) is 0 Å². The highest BCUT2D eigenvalue weighted by Gasteiger charge is 1.54. The van der Waals surface area contributed by atoms with Gasteiger partial charge in [0.1, 0.15) is 0 Å². The molecule has 0 unspecified atom stereocenters. The third kappa shape index (κ3) is 586. The average molecular weight is 93.2 g/mol. The molecule has 2 nitrogen and oxygen atoms in total. The molecule has 0 atom stereocenters. The van der Waals surface area contributed by atoms with Crippen molar-refractivity contribution in [3.8, 4) is 0 Å². The van der Waals surface area contributed by atoms with Crippen LogP contribution in [0.1, 0.15) is 6.92 Å². The van der Waals surface area contributed by atoms with Crippen LogP contribution in [0, 0.1) is 0 Å². The van der Waals surface area contributed by atoms with E-state index in [9.17, 15) is 0 Å². The second kappa shape index (κ2) is 3.85. The van der Waals surface area contributed by atoms with E-state index in [0.717, 1.165) is 0 Å². The molecule has 4 N–H and O–H groups in total. The molecule has 0 aliphatic rings. The molecule has 0 aliphatic heterocycles. The zero-order chi connectivity index (χ0) is 3.58. The average Bonchev–Trinajstić information content (AvgIpc) is 0.811. The fraction of sp³-hybridized carbons (Fsp3) is 0.500. The first-order chi connectivity index (χ1) is 1.73. The Morgan fingerprint density at radius 2 is 1.80 bits per heavy atom. The lowest BCUT2D eigenvalue weighted by molar-refractivity contribution is 0.824. The van der Waals surface area contributed by atoms with Gasteiger partial charge in [-0.1, -0.05) is 12.2 Å². The zero-order valence-electron chi connectivity index (χ0n) is 2.99. The summed E-state index contributed by atoms with van der Waals surface area (Å²) in [4.78, 5) is 0.500. The zero-order valence-corrected chi connectivity index (χ0v) is 3.80. The molecule has 32 valence electrons. The number of rotatable bonds is 0. The summed E-state index contributed by atoms with van der Waals surface area (Å²) in [6.07, 6.45) is 0. The third-order valence-electron chi connectivity index (χ3n) is 0. The van der Waals surface area contributed by atoms with Crippen LogP contribution in [-0.4, -0.2) is 10.5 Å². The Labute approximate surface area is 36.3 Å². The first-order valence-corrected chi connectivity index (χ1v) is 1.40. The van der Waals surface area contributed by atoms with Gasteiger partial charge in [0.15, 0.2) is 0 Å². The normalized spacial score (nSPS) is 5.00. The molecule has 0 heterocycles. The van der Waals surface area contributed by atoms with E-state index in [1.165, 1.54) is 0 Å². The van der Waals surface area contributed by atoms with Crippen LogP contribution >= 0.6 is 12.2 Å².